The maximum absolute atomic E-state index is 13.2. The van der Waals surface area contributed by atoms with Crippen molar-refractivity contribution in [3.63, 3.8) is 0 Å². The molecule has 1 aromatic heterocycles. The van der Waals surface area contributed by atoms with E-state index in [4.69, 9.17) is 11.6 Å². The average molecular weight is 342 g/mol. The Morgan fingerprint density at radius 3 is 2.79 bits per heavy atom. The SMILES string of the molecule is CC(c1ccc(Cl)nc1)N1C(=O)NC2(CCc3ccccc32)C1=O. The van der Waals surface area contributed by atoms with Gasteiger partial charge in [0.05, 0.1) is 6.04 Å². The first-order valence-corrected chi connectivity index (χ1v) is 8.26. The van der Waals surface area contributed by atoms with Crippen LogP contribution in [0.4, 0.5) is 4.79 Å². The third kappa shape index (κ3) is 2.04. The van der Waals surface area contributed by atoms with E-state index in [1.165, 1.54) is 4.90 Å². The van der Waals surface area contributed by atoms with E-state index in [1.54, 1.807) is 18.3 Å². The molecule has 0 saturated carbocycles. The number of nitrogens with one attached hydrogen (secondary N) is 1. The van der Waals surface area contributed by atoms with Gasteiger partial charge in [0, 0.05) is 6.20 Å². The molecule has 4 rings (SSSR count). The molecule has 1 aliphatic heterocycles. The summed E-state index contributed by atoms with van der Waals surface area (Å²) in [6.45, 7) is 1.82. The first kappa shape index (κ1) is 15.1. The van der Waals surface area contributed by atoms with Gasteiger partial charge in [-0.05, 0) is 42.5 Å². The van der Waals surface area contributed by atoms with E-state index in [2.05, 4.69) is 10.3 Å². The van der Waals surface area contributed by atoms with Crippen LogP contribution in [-0.4, -0.2) is 21.8 Å². The van der Waals surface area contributed by atoms with Crippen LogP contribution in [0.15, 0.2) is 42.6 Å². The number of hydrogen-bond acceptors (Lipinski definition) is 3. The number of aryl methyl sites for hydroxylation is 1. The third-order valence-corrected chi connectivity index (χ3v) is 5.21. The van der Waals surface area contributed by atoms with Gasteiger partial charge in [-0.2, -0.15) is 0 Å². The summed E-state index contributed by atoms with van der Waals surface area (Å²) in [6, 6.07) is 10.5. The average Bonchev–Trinajstić information content (AvgIpc) is 3.07. The van der Waals surface area contributed by atoms with E-state index in [0.29, 0.717) is 11.6 Å². The lowest BCUT2D eigenvalue weighted by Crippen LogP contribution is -2.42. The van der Waals surface area contributed by atoms with Crippen LogP contribution >= 0.6 is 11.6 Å². The Hall–Kier alpha value is -2.40. The molecule has 1 N–H and O–H groups in total. The molecule has 2 unspecified atom stereocenters. The van der Waals surface area contributed by atoms with E-state index in [1.807, 2.05) is 31.2 Å². The topological polar surface area (TPSA) is 62.3 Å². The fourth-order valence-electron chi connectivity index (χ4n) is 3.69. The molecule has 2 aliphatic rings. The molecular formula is C18H16ClN3O2. The van der Waals surface area contributed by atoms with Crippen molar-refractivity contribution in [1.29, 1.82) is 0 Å². The van der Waals surface area contributed by atoms with Gasteiger partial charge in [0.25, 0.3) is 5.91 Å². The number of rotatable bonds is 2. The minimum absolute atomic E-state index is 0.195. The van der Waals surface area contributed by atoms with Gasteiger partial charge in [0.2, 0.25) is 0 Å². The predicted octanol–water partition coefficient (Wildman–Crippen LogP) is 3.19. The number of imide groups is 1. The minimum atomic E-state index is -0.929. The number of halogens is 1. The highest BCUT2D eigenvalue weighted by atomic mass is 35.5. The lowest BCUT2D eigenvalue weighted by atomic mass is 9.91. The molecule has 122 valence electrons. The second-order valence-electron chi connectivity index (χ2n) is 6.26. The Morgan fingerprint density at radius 1 is 1.25 bits per heavy atom. The maximum Gasteiger partial charge on any atom is 0.325 e. The number of carbonyl (C=O) groups excluding carboxylic acids is 2. The number of pyridine rings is 1. The largest absolute Gasteiger partial charge is 0.325 e. The smallest absolute Gasteiger partial charge is 0.319 e. The van der Waals surface area contributed by atoms with Crippen LogP contribution in [0.2, 0.25) is 5.15 Å². The monoisotopic (exact) mass is 341 g/mol. The zero-order valence-electron chi connectivity index (χ0n) is 13.1. The molecule has 2 aromatic rings. The highest BCUT2D eigenvalue weighted by Gasteiger charge is 2.56. The van der Waals surface area contributed by atoms with Crippen molar-refractivity contribution in [2.75, 3.05) is 0 Å². The second kappa shape index (κ2) is 5.31. The maximum atomic E-state index is 13.2. The predicted molar refractivity (Wildman–Crippen MR) is 89.5 cm³/mol. The molecule has 0 radical (unpaired) electrons. The van der Waals surface area contributed by atoms with Gasteiger partial charge in [-0.25, -0.2) is 9.78 Å². The molecule has 1 aromatic carbocycles. The molecule has 6 heteroatoms. The van der Waals surface area contributed by atoms with Crippen molar-refractivity contribution >= 4 is 23.5 Å². The van der Waals surface area contributed by atoms with Crippen molar-refractivity contribution in [1.82, 2.24) is 15.2 Å². The third-order valence-electron chi connectivity index (χ3n) is 4.99. The fraction of sp³-hybridized carbons (Fsp3) is 0.278. The van der Waals surface area contributed by atoms with Gasteiger partial charge >= 0.3 is 6.03 Å². The van der Waals surface area contributed by atoms with E-state index < -0.39 is 11.6 Å². The number of urea groups is 1. The lowest BCUT2D eigenvalue weighted by Gasteiger charge is -2.25. The Morgan fingerprint density at radius 2 is 2.04 bits per heavy atom. The minimum Gasteiger partial charge on any atom is -0.319 e. The van der Waals surface area contributed by atoms with Crippen LogP contribution in [0.3, 0.4) is 0 Å². The number of hydrogen-bond donors (Lipinski definition) is 1. The summed E-state index contributed by atoms with van der Waals surface area (Å²) in [7, 11) is 0. The molecule has 1 saturated heterocycles. The summed E-state index contributed by atoms with van der Waals surface area (Å²) in [4.78, 5) is 31.1. The van der Waals surface area contributed by atoms with Crippen molar-refractivity contribution in [2.45, 2.75) is 31.3 Å². The first-order chi connectivity index (χ1) is 11.5. The van der Waals surface area contributed by atoms with Crippen molar-refractivity contribution in [3.8, 4) is 0 Å². The molecule has 2 atom stereocenters. The molecule has 1 aliphatic carbocycles. The number of aromatic nitrogens is 1. The molecular weight excluding hydrogens is 326 g/mol. The quantitative estimate of drug-likeness (QED) is 0.674. The highest BCUT2D eigenvalue weighted by Crippen LogP contribution is 2.43. The number of carbonyl (C=O) groups is 2. The van der Waals surface area contributed by atoms with Gasteiger partial charge in [0.15, 0.2) is 0 Å². The molecule has 1 fully saturated rings. The zero-order valence-corrected chi connectivity index (χ0v) is 13.9. The van der Waals surface area contributed by atoms with Crippen LogP contribution in [-0.2, 0) is 16.8 Å². The number of fused-ring (bicyclic) bond motifs is 2. The van der Waals surface area contributed by atoms with Crippen LogP contribution in [0.25, 0.3) is 0 Å². The Kier molecular flexibility index (Phi) is 3.35. The molecule has 1 spiro atoms. The lowest BCUT2D eigenvalue weighted by molar-refractivity contribution is -0.133. The summed E-state index contributed by atoms with van der Waals surface area (Å²) in [5.74, 6) is -0.195. The van der Waals surface area contributed by atoms with E-state index >= 15 is 0 Å². The highest BCUT2D eigenvalue weighted by molar-refractivity contribution is 6.29. The van der Waals surface area contributed by atoms with Gasteiger partial charge < -0.3 is 5.32 Å². The zero-order chi connectivity index (χ0) is 16.9. The summed E-state index contributed by atoms with van der Waals surface area (Å²) in [6.07, 6.45) is 2.98. The number of nitrogens with zero attached hydrogens (tertiary/aromatic N) is 2. The molecule has 2 heterocycles. The fourth-order valence-corrected chi connectivity index (χ4v) is 3.80. The summed E-state index contributed by atoms with van der Waals surface area (Å²) in [5.41, 5.74) is 1.87. The molecule has 0 bridgehead atoms. The van der Waals surface area contributed by atoms with Crippen molar-refractivity contribution in [2.24, 2.45) is 0 Å². The Bertz CT molecular complexity index is 836. The van der Waals surface area contributed by atoms with Crippen molar-refractivity contribution < 1.29 is 9.59 Å². The molecule has 5 nitrogen and oxygen atoms in total. The van der Waals surface area contributed by atoms with Crippen molar-refractivity contribution in [3.05, 3.63) is 64.4 Å². The van der Waals surface area contributed by atoms with Gasteiger partial charge in [-0.3, -0.25) is 9.69 Å². The summed E-state index contributed by atoms with van der Waals surface area (Å²) >= 11 is 5.82. The van der Waals surface area contributed by atoms with Gasteiger partial charge in [-0.15, -0.1) is 0 Å². The number of benzene rings is 1. The summed E-state index contributed by atoms with van der Waals surface area (Å²) < 4.78 is 0. The van der Waals surface area contributed by atoms with E-state index in [0.717, 1.165) is 23.1 Å². The van der Waals surface area contributed by atoms with E-state index in [9.17, 15) is 9.59 Å². The van der Waals surface area contributed by atoms with Crippen LogP contribution < -0.4 is 5.32 Å². The van der Waals surface area contributed by atoms with E-state index in [-0.39, 0.29) is 11.9 Å². The molecule has 3 amide bonds. The summed E-state index contributed by atoms with van der Waals surface area (Å²) in [5, 5.41) is 3.32. The second-order valence-corrected chi connectivity index (χ2v) is 6.65. The van der Waals surface area contributed by atoms with Gasteiger partial charge in [-0.1, -0.05) is 41.9 Å². The molecule has 24 heavy (non-hydrogen) atoms. The van der Waals surface area contributed by atoms with Crippen LogP contribution in [0.1, 0.15) is 36.1 Å². The van der Waals surface area contributed by atoms with Gasteiger partial charge in [0.1, 0.15) is 10.7 Å². The normalized spacial score (nSPS) is 23.5. The first-order valence-electron chi connectivity index (χ1n) is 7.88. The van der Waals surface area contributed by atoms with Crippen LogP contribution in [0, 0.1) is 0 Å². The Labute approximate surface area is 144 Å². The number of amides is 3. The van der Waals surface area contributed by atoms with Crippen LogP contribution in [0.5, 0.6) is 0 Å². The Balaban J connectivity index is 1.71. The standard InChI is InChI=1S/C18H16ClN3O2/c1-11(13-6-7-15(19)20-10-13)22-16(23)18(21-17(22)24)9-8-12-4-2-3-5-14(12)18/h2-7,10-11H,8-9H2,1H3,(H,21,24).